The van der Waals surface area contributed by atoms with Crippen LogP contribution < -0.4 is 5.32 Å². The summed E-state index contributed by atoms with van der Waals surface area (Å²) in [7, 11) is 0. The molecule has 0 aromatic heterocycles. The van der Waals surface area contributed by atoms with Crippen LogP contribution in [-0.4, -0.2) is 22.0 Å². The average molecular weight is 307 g/mol. The molecule has 8 heteroatoms. The SMILES string of the molecule is CC(C)C(Nc1c(Cl)cc([N+](=O)[O-])cc1Cl)C(=O)O. The molecule has 1 rings (SSSR count). The molecule has 0 heterocycles. The number of hydrogen-bond donors (Lipinski definition) is 2. The Labute approximate surface area is 119 Å². The number of carboxylic acid groups (broad SMARTS) is 1. The molecule has 0 aliphatic rings. The van der Waals surface area contributed by atoms with Crippen molar-refractivity contribution >= 4 is 40.5 Å². The van der Waals surface area contributed by atoms with E-state index in [9.17, 15) is 14.9 Å². The standard InChI is InChI=1S/C11H12Cl2N2O4/c1-5(2)9(11(16)17)14-10-7(12)3-6(15(18)19)4-8(10)13/h3-5,9,14H,1-2H3,(H,16,17). The maximum Gasteiger partial charge on any atom is 0.326 e. The first-order chi connectivity index (χ1) is 8.73. The van der Waals surface area contributed by atoms with Gasteiger partial charge < -0.3 is 10.4 Å². The number of rotatable bonds is 5. The summed E-state index contributed by atoms with van der Waals surface area (Å²) >= 11 is 11.8. The molecule has 0 aliphatic heterocycles. The van der Waals surface area contributed by atoms with E-state index < -0.39 is 16.9 Å². The molecule has 0 bridgehead atoms. The van der Waals surface area contributed by atoms with E-state index in [0.717, 1.165) is 12.1 Å². The van der Waals surface area contributed by atoms with Gasteiger partial charge in [-0.05, 0) is 5.92 Å². The number of benzene rings is 1. The zero-order valence-electron chi connectivity index (χ0n) is 10.2. The third-order valence-electron chi connectivity index (χ3n) is 2.47. The lowest BCUT2D eigenvalue weighted by molar-refractivity contribution is -0.384. The van der Waals surface area contributed by atoms with Gasteiger partial charge >= 0.3 is 5.97 Å². The third kappa shape index (κ3) is 3.71. The largest absolute Gasteiger partial charge is 0.480 e. The van der Waals surface area contributed by atoms with Crippen molar-refractivity contribution in [2.75, 3.05) is 5.32 Å². The second kappa shape index (κ2) is 6.08. The van der Waals surface area contributed by atoms with Crippen LogP contribution in [0.4, 0.5) is 11.4 Å². The zero-order valence-corrected chi connectivity index (χ0v) is 11.7. The van der Waals surface area contributed by atoms with Crippen LogP contribution in [-0.2, 0) is 4.79 Å². The quantitative estimate of drug-likeness (QED) is 0.642. The van der Waals surface area contributed by atoms with E-state index >= 15 is 0 Å². The van der Waals surface area contributed by atoms with Gasteiger partial charge in [-0.3, -0.25) is 10.1 Å². The van der Waals surface area contributed by atoms with Gasteiger partial charge in [0.1, 0.15) is 6.04 Å². The Morgan fingerprint density at radius 3 is 2.16 bits per heavy atom. The van der Waals surface area contributed by atoms with Crippen LogP contribution in [0.25, 0.3) is 0 Å². The summed E-state index contributed by atoms with van der Waals surface area (Å²) in [5.41, 5.74) is -0.0768. The van der Waals surface area contributed by atoms with E-state index in [1.54, 1.807) is 13.8 Å². The summed E-state index contributed by atoms with van der Waals surface area (Å²) in [5.74, 6) is -1.26. The van der Waals surface area contributed by atoms with Gasteiger partial charge in [0.15, 0.2) is 0 Å². The van der Waals surface area contributed by atoms with E-state index in [1.807, 2.05) is 0 Å². The van der Waals surface area contributed by atoms with Crippen molar-refractivity contribution in [1.82, 2.24) is 0 Å². The van der Waals surface area contributed by atoms with Gasteiger partial charge in [0.05, 0.1) is 20.7 Å². The van der Waals surface area contributed by atoms with Crippen molar-refractivity contribution in [1.29, 1.82) is 0 Å². The monoisotopic (exact) mass is 306 g/mol. The molecule has 1 unspecified atom stereocenters. The molecule has 1 atom stereocenters. The summed E-state index contributed by atoms with van der Waals surface area (Å²) in [6.45, 7) is 3.44. The lowest BCUT2D eigenvalue weighted by atomic mass is 10.0. The highest BCUT2D eigenvalue weighted by Crippen LogP contribution is 2.35. The normalized spacial score (nSPS) is 12.3. The molecule has 0 spiro atoms. The number of halogens is 2. The molecule has 19 heavy (non-hydrogen) atoms. The van der Waals surface area contributed by atoms with Crippen LogP contribution in [0.3, 0.4) is 0 Å². The molecule has 1 aromatic carbocycles. The molecule has 0 fully saturated rings. The van der Waals surface area contributed by atoms with E-state index in [2.05, 4.69) is 5.32 Å². The lowest BCUT2D eigenvalue weighted by Crippen LogP contribution is -2.34. The average Bonchev–Trinajstić information content (AvgIpc) is 2.26. The minimum Gasteiger partial charge on any atom is -0.480 e. The molecule has 0 aliphatic carbocycles. The van der Waals surface area contributed by atoms with Crippen molar-refractivity contribution in [3.8, 4) is 0 Å². The fourth-order valence-corrected chi connectivity index (χ4v) is 2.06. The maximum absolute atomic E-state index is 11.1. The number of nitro benzene ring substituents is 1. The molecule has 6 nitrogen and oxygen atoms in total. The molecule has 0 saturated heterocycles. The first kappa shape index (κ1) is 15.5. The van der Waals surface area contributed by atoms with Crippen molar-refractivity contribution in [3.05, 3.63) is 32.3 Å². The van der Waals surface area contributed by atoms with Crippen molar-refractivity contribution < 1.29 is 14.8 Å². The lowest BCUT2D eigenvalue weighted by Gasteiger charge is -2.20. The molecule has 104 valence electrons. The summed E-state index contributed by atoms with van der Waals surface area (Å²) < 4.78 is 0. The Hall–Kier alpha value is -1.53. The number of aliphatic carboxylic acids is 1. The van der Waals surface area contributed by atoms with Crippen LogP contribution >= 0.6 is 23.2 Å². The van der Waals surface area contributed by atoms with Crippen molar-refractivity contribution in [2.45, 2.75) is 19.9 Å². The second-order valence-electron chi connectivity index (χ2n) is 4.25. The molecule has 1 aromatic rings. The molecule has 0 radical (unpaired) electrons. The van der Waals surface area contributed by atoms with E-state index in [-0.39, 0.29) is 27.3 Å². The summed E-state index contributed by atoms with van der Waals surface area (Å²) in [5, 5.41) is 22.4. The van der Waals surface area contributed by atoms with Crippen LogP contribution in [0.1, 0.15) is 13.8 Å². The predicted octanol–water partition coefficient (Wildman–Crippen LogP) is 3.42. The Balaban J connectivity index is 3.14. The summed E-state index contributed by atoms with van der Waals surface area (Å²) in [6, 6.07) is 1.35. The topological polar surface area (TPSA) is 92.5 Å². The van der Waals surface area contributed by atoms with Gasteiger partial charge in [0.25, 0.3) is 5.69 Å². The van der Waals surface area contributed by atoms with Crippen LogP contribution in [0.5, 0.6) is 0 Å². The van der Waals surface area contributed by atoms with Crippen LogP contribution in [0, 0.1) is 16.0 Å². The highest BCUT2D eigenvalue weighted by Gasteiger charge is 2.24. The van der Waals surface area contributed by atoms with E-state index in [4.69, 9.17) is 28.3 Å². The minimum atomic E-state index is -1.06. The number of carboxylic acids is 1. The van der Waals surface area contributed by atoms with Crippen molar-refractivity contribution in [2.24, 2.45) is 5.92 Å². The Morgan fingerprint density at radius 1 is 1.37 bits per heavy atom. The van der Waals surface area contributed by atoms with Gasteiger partial charge in [-0.15, -0.1) is 0 Å². The Morgan fingerprint density at radius 2 is 1.84 bits per heavy atom. The summed E-state index contributed by atoms with van der Waals surface area (Å²) in [4.78, 5) is 21.1. The minimum absolute atomic E-state index is 0.00565. The third-order valence-corrected chi connectivity index (χ3v) is 3.07. The molecule has 2 N–H and O–H groups in total. The second-order valence-corrected chi connectivity index (χ2v) is 5.06. The van der Waals surface area contributed by atoms with E-state index in [1.165, 1.54) is 0 Å². The summed E-state index contributed by atoms with van der Waals surface area (Å²) in [6.07, 6.45) is 0. The van der Waals surface area contributed by atoms with Gasteiger partial charge in [-0.25, -0.2) is 4.79 Å². The molecule has 0 saturated carbocycles. The molecular weight excluding hydrogens is 295 g/mol. The van der Waals surface area contributed by atoms with Gasteiger partial charge in [0.2, 0.25) is 0 Å². The van der Waals surface area contributed by atoms with Gasteiger partial charge in [0, 0.05) is 12.1 Å². The number of non-ortho nitro benzene ring substituents is 1. The number of nitro groups is 1. The predicted molar refractivity (Wildman–Crippen MR) is 73.0 cm³/mol. The smallest absolute Gasteiger partial charge is 0.326 e. The number of nitrogens with zero attached hydrogens (tertiary/aromatic N) is 1. The Kier molecular flexibility index (Phi) is 4.97. The highest BCUT2D eigenvalue weighted by molar-refractivity contribution is 6.39. The molecular formula is C11H12Cl2N2O4. The first-order valence-electron chi connectivity index (χ1n) is 5.36. The molecule has 0 amide bonds. The van der Waals surface area contributed by atoms with Crippen LogP contribution in [0.2, 0.25) is 10.0 Å². The van der Waals surface area contributed by atoms with Gasteiger partial charge in [-0.2, -0.15) is 0 Å². The first-order valence-corrected chi connectivity index (χ1v) is 6.12. The van der Waals surface area contributed by atoms with Gasteiger partial charge in [-0.1, -0.05) is 37.0 Å². The Bertz CT molecular complexity index is 496. The highest BCUT2D eigenvalue weighted by atomic mass is 35.5. The maximum atomic E-state index is 11.1. The number of carbonyl (C=O) groups is 1. The van der Waals surface area contributed by atoms with Crippen molar-refractivity contribution in [3.63, 3.8) is 0 Å². The van der Waals surface area contributed by atoms with E-state index in [0.29, 0.717) is 0 Å². The van der Waals surface area contributed by atoms with Crippen LogP contribution in [0.15, 0.2) is 12.1 Å². The number of nitrogens with one attached hydrogen (secondary N) is 1. The number of hydrogen-bond acceptors (Lipinski definition) is 4. The zero-order chi connectivity index (χ0) is 14.7. The fraction of sp³-hybridized carbons (Fsp3) is 0.364. The fourth-order valence-electron chi connectivity index (χ4n) is 1.47. The number of anilines is 1.